The van der Waals surface area contributed by atoms with Gasteiger partial charge in [0.1, 0.15) is 0 Å². The normalized spacial score (nSPS) is 12.0. The Balaban J connectivity index is 0.00000144. The molecule has 1 atom stereocenters. The van der Waals surface area contributed by atoms with E-state index >= 15 is 0 Å². The highest BCUT2D eigenvalue weighted by atomic mass is 79.9. The molecule has 0 aliphatic carbocycles. The van der Waals surface area contributed by atoms with Crippen molar-refractivity contribution < 1.29 is 0 Å². The highest BCUT2D eigenvalue weighted by molar-refractivity contribution is 9.10. The van der Waals surface area contributed by atoms with Crippen molar-refractivity contribution >= 4 is 28.3 Å². The molecule has 1 aromatic carbocycles. The fourth-order valence-corrected chi connectivity index (χ4v) is 1.38. The van der Waals surface area contributed by atoms with Crippen LogP contribution in [0.5, 0.6) is 0 Å². The Bertz CT molecular complexity index is 276. The molecule has 2 N–H and O–H groups in total. The maximum atomic E-state index is 5.90. The van der Waals surface area contributed by atoms with Gasteiger partial charge in [-0.15, -0.1) is 12.4 Å². The quantitative estimate of drug-likeness (QED) is 0.868. The van der Waals surface area contributed by atoms with Gasteiger partial charge in [-0.25, -0.2) is 0 Å². The first-order chi connectivity index (χ1) is 5.65. The number of hydrogen-bond acceptors (Lipinski definition) is 1. The lowest BCUT2D eigenvalue weighted by atomic mass is 10.0. The van der Waals surface area contributed by atoms with Crippen LogP contribution in [0.3, 0.4) is 0 Å². The molecule has 0 aliphatic rings. The molecule has 13 heavy (non-hydrogen) atoms. The second-order valence-corrected chi connectivity index (χ2v) is 3.88. The molecule has 0 heterocycles. The zero-order chi connectivity index (χ0) is 9.14. The van der Waals surface area contributed by atoms with Crippen LogP contribution in [0.1, 0.15) is 30.5 Å². The molecular formula is C10H15BrClN. The first-order valence-corrected chi connectivity index (χ1v) is 4.96. The van der Waals surface area contributed by atoms with E-state index in [1.54, 1.807) is 0 Å². The monoisotopic (exact) mass is 263 g/mol. The number of aryl methyl sites for hydroxylation is 1. The van der Waals surface area contributed by atoms with E-state index in [-0.39, 0.29) is 18.4 Å². The van der Waals surface area contributed by atoms with Crippen LogP contribution < -0.4 is 5.73 Å². The number of hydrogen-bond donors (Lipinski definition) is 1. The molecule has 0 radical (unpaired) electrons. The van der Waals surface area contributed by atoms with Crippen LogP contribution in [0.4, 0.5) is 0 Å². The molecule has 0 unspecified atom stereocenters. The molecule has 1 rings (SSSR count). The van der Waals surface area contributed by atoms with E-state index in [1.807, 2.05) is 0 Å². The van der Waals surface area contributed by atoms with Crippen molar-refractivity contribution in [2.45, 2.75) is 26.3 Å². The topological polar surface area (TPSA) is 26.0 Å². The summed E-state index contributed by atoms with van der Waals surface area (Å²) in [7, 11) is 0. The smallest absolute Gasteiger partial charge is 0.0292 e. The Labute approximate surface area is 94.3 Å². The SMILES string of the molecule is CC[C@@H](N)c1ccc(Br)c(C)c1.Cl. The molecule has 1 aromatic rings. The minimum atomic E-state index is 0. The number of nitrogens with two attached hydrogens (primary N) is 1. The zero-order valence-electron chi connectivity index (χ0n) is 7.88. The third kappa shape index (κ3) is 3.29. The first-order valence-electron chi connectivity index (χ1n) is 4.16. The van der Waals surface area contributed by atoms with Crippen molar-refractivity contribution in [3.05, 3.63) is 33.8 Å². The summed E-state index contributed by atoms with van der Waals surface area (Å²) in [6.07, 6.45) is 0.987. The van der Waals surface area contributed by atoms with Gasteiger partial charge in [-0.05, 0) is 30.5 Å². The molecule has 3 heteroatoms. The lowest BCUT2D eigenvalue weighted by Crippen LogP contribution is -2.08. The Hall–Kier alpha value is -0.0500. The standard InChI is InChI=1S/C10H14BrN.ClH/c1-3-10(12)8-4-5-9(11)7(2)6-8;/h4-6,10H,3,12H2,1-2H3;1H/t10-;/m1./s1. The maximum absolute atomic E-state index is 5.90. The van der Waals surface area contributed by atoms with Crippen LogP contribution >= 0.6 is 28.3 Å². The molecule has 0 fully saturated rings. The van der Waals surface area contributed by atoms with Crippen LogP contribution in [0, 0.1) is 6.92 Å². The van der Waals surface area contributed by atoms with Gasteiger partial charge in [-0.3, -0.25) is 0 Å². The van der Waals surface area contributed by atoms with Gasteiger partial charge in [-0.1, -0.05) is 35.0 Å². The van der Waals surface area contributed by atoms with Crippen LogP contribution in [0.15, 0.2) is 22.7 Å². The average Bonchev–Trinajstić information content (AvgIpc) is 2.08. The summed E-state index contributed by atoms with van der Waals surface area (Å²) < 4.78 is 1.15. The Morgan fingerprint density at radius 2 is 2.08 bits per heavy atom. The van der Waals surface area contributed by atoms with Crippen molar-refractivity contribution in [1.29, 1.82) is 0 Å². The van der Waals surface area contributed by atoms with Gasteiger partial charge in [0.15, 0.2) is 0 Å². The van der Waals surface area contributed by atoms with E-state index in [1.165, 1.54) is 11.1 Å². The van der Waals surface area contributed by atoms with Crippen molar-refractivity contribution in [1.82, 2.24) is 0 Å². The lowest BCUT2D eigenvalue weighted by molar-refractivity contribution is 0.698. The first kappa shape index (κ1) is 12.9. The predicted octanol–water partition coefficient (Wildman–Crippen LogP) is 3.59. The van der Waals surface area contributed by atoms with Crippen molar-refractivity contribution in [2.24, 2.45) is 5.73 Å². The number of rotatable bonds is 2. The predicted molar refractivity (Wildman–Crippen MR) is 63.3 cm³/mol. The van der Waals surface area contributed by atoms with E-state index in [4.69, 9.17) is 5.73 Å². The van der Waals surface area contributed by atoms with Crippen molar-refractivity contribution in [2.75, 3.05) is 0 Å². The van der Waals surface area contributed by atoms with E-state index in [9.17, 15) is 0 Å². The molecule has 0 bridgehead atoms. The van der Waals surface area contributed by atoms with Gasteiger partial charge in [-0.2, -0.15) is 0 Å². The molecule has 0 saturated carbocycles. The zero-order valence-corrected chi connectivity index (χ0v) is 10.3. The second-order valence-electron chi connectivity index (χ2n) is 3.02. The summed E-state index contributed by atoms with van der Waals surface area (Å²) >= 11 is 3.46. The Morgan fingerprint density at radius 1 is 1.46 bits per heavy atom. The summed E-state index contributed by atoms with van der Waals surface area (Å²) in [6, 6.07) is 6.45. The van der Waals surface area contributed by atoms with Gasteiger partial charge in [0, 0.05) is 10.5 Å². The van der Waals surface area contributed by atoms with E-state index < -0.39 is 0 Å². The van der Waals surface area contributed by atoms with Gasteiger partial charge in [0.25, 0.3) is 0 Å². The Morgan fingerprint density at radius 3 is 2.54 bits per heavy atom. The minimum absolute atomic E-state index is 0. The molecule has 1 nitrogen and oxygen atoms in total. The van der Waals surface area contributed by atoms with Gasteiger partial charge in [0.2, 0.25) is 0 Å². The largest absolute Gasteiger partial charge is 0.324 e. The van der Waals surface area contributed by atoms with E-state index in [0.717, 1.165) is 10.9 Å². The summed E-state index contributed by atoms with van der Waals surface area (Å²) in [5, 5.41) is 0. The second kappa shape index (κ2) is 5.63. The third-order valence-electron chi connectivity index (χ3n) is 2.05. The fraction of sp³-hybridized carbons (Fsp3) is 0.400. The van der Waals surface area contributed by atoms with Crippen LogP contribution in [-0.4, -0.2) is 0 Å². The van der Waals surface area contributed by atoms with Crippen molar-refractivity contribution in [3.8, 4) is 0 Å². The van der Waals surface area contributed by atoms with Crippen LogP contribution in [0.2, 0.25) is 0 Å². The summed E-state index contributed by atoms with van der Waals surface area (Å²) in [4.78, 5) is 0. The van der Waals surface area contributed by atoms with Gasteiger partial charge >= 0.3 is 0 Å². The van der Waals surface area contributed by atoms with E-state index in [2.05, 4.69) is 48.0 Å². The highest BCUT2D eigenvalue weighted by Gasteiger charge is 2.03. The van der Waals surface area contributed by atoms with Gasteiger partial charge in [0.05, 0.1) is 0 Å². The molecule has 0 aromatic heterocycles. The van der Waals surface area contributed by atoms with Crippen LogP contribution in [0.25, 0.3) is 0 Å². The lowest BCUT2D eigenvalue weighted by Gasteiger charge is -2.10. The third-order valence-corrected chi connectivity index (χ3v) is 2.94. The van der Waals surface area contributed by atoms with Crippen molar-refractivity contribution in [3.63, 3.8) is 0 Å². The maximum Gasteiger partial charge on any atom is 0.0292 e. The van der Waals surface area contributed by atoms with Gasteiger partial charge < -0.3 is 5.73 Å². The number of benzene rings is 1. The molecular weight excluding hydrogens is 249 g/mol. The molecule has 0 aliphatic heterocycles. The molecule has 0 saturated heterocycles. The van der Waals surface area contributed by atoms with Crippen LogP contribution in [-0.2, 0) is 0 Å². The molecule has 0 amide bonds. The fourth-order valence-electron chi connectivity index (χ4n) is 1.13. The molecule has 74 valence electrons. The minimum Gasteiger partial charge on any atom is -0.324 e. The van der Waals surface area contributed by atoms with E-state index in [0.29, 0.717) is 0 Å². The number of halogens is 2. The highest BCUT2D eigenvalue weighted by Crippen LogP contribution is 2.21. The summed E-state index contributed by atoms with van der Waals surface area (Å²) in [5.41, 5.74) is 8.37. The molecule has 0 spiro atoms. The Kier molecular flexibility index (Phi) is 5.61. The summed E-state index contributed by atoms with van der Waals surface area (Å²) in [6.45, 7) is 4.18. The average molecular weight is 265 g/mol. The summed E-state index contributed by atoms with van der Waals surface area (Å²) in [5.74, 6) is 0.